The maximum atomic E-state index is 6.21. The van der Waals surface area contributed by atoms with E-state index >= 15 is 0 Å². The minimum atomic E-state index is 0. The maximum absolute atomic E-state index is 6.21. The number of hydrogen-bond donors (Lipinski definition) is 2. The molecule has 2 saturated carbocycles. The molecule has 0 amide bonds. The Labute approximate surface area is 162 Å². The van der Waals surface area contributed by atoms with Crippen LogP contribution in [-0.4, -0.2) is 25.2 Å². The van der Waals surface area contributed by atoms with E-state index in [9.17, 15) is 0 Å². The predicted molar refractivity (Wildman–Crippen MR) is 110 cm³/mol. The van der Waals surface area contributed by atoms with Gasteiger partial charge in [-0.2, -0.15) is 0 Å². The third-order valence-electron chi connectivity index (χ3n) is 4.93. The summed E-state index contributed by atoms with van der Waals surface area (Å²) < 4.78 is 6.21. The van der Waals surface area contributed by atoms with Crippen LogP contribution in [0.2, 0.25) is 0 Å². The second kappa shape index (κ2) is 10.1. The van der Waals surface area contributed by atoms with Gasteiger partial charge in [0.05, 0.1) is 6.10 Å². The zero-order valence-electron chi connectivity index (χ0n) is 14.6. The molecule has 2 fully saturated rings. The van der Waals surface area contributed by atoms with E-state index in [2.05, 4.69) is 39.9 Å². The molecule has 0 atom stereocenters. The quantitative estimate of drug-likeness (QED) is 0.407. The molecule has 0 unspecified atom stereocenters. The van der Waals surface area contributed by atoms with Crippen molar-refractivity contribution in [1.82, 2.24) is 10.6 Å². The first-order valence-corrected chi connectivity index (χ1v) is 9.07. The second-order valence-corrected chi connectivity index (χ2v) is 6.68. The maximum Gasteiger partial charge on any atom is 0.191 e. The van der Waals surface area contributed by atoms with Crippen molar-refractivity contribution in [3.05, 3.63) is 29.8 Å². The molecular weight excluding hydrogens is 413 g/mol. The smallest absolute Gasteiger partial charge is 0.191 e. The van der Waals surface area contributed by atoms with Gasteiger partial charge in [-0.15, -0.1) is 24.0 Å². The van der Waals surface area contributed by atoms with Gasteiger partial charge in [-0.3, -0.25) is 4.99 Å². The third-order valence-corrected chi connectivity index (χ3v) is 4.93. The van der Waals surface area contributed by atoms with Crippen LogP contribution in [0.4, 0.5) is 0 Å². The van der Waals surface area contributed by atoms with E-state index in [4.69, 9.17) is 4.74 Å². The Morgan fingerprint density at radius 1 is 1.08 bits per heavy atom. The summed E-state index contributed by atoms with van der Waals surface area (Å²) in [6.45, 7) is 0.745. The lowest BCUT2D eigenvalue weighted by Crippen LogP contribution is -2.42. The number of guanidine groups is 1. The minimum Gasteiger partial charge on any atom is -0.490 e. The van der Waals surface area contributed by atoms with Crippen molar-refractivity contribution in [3.63, 3.8) is 0 Å². The summed E-state index contributed by atoms with van der Waals surface area (Å²) >= 11 is 0. The SMILES string of the molecule is CN=C(NCc1ccccc1OC1CCCC1)NC1CCCC1.I. The van der Waals surface area contributed by atoms with Crippen LogP contribution in [-0.2, 0) is 6.54 Å². The highest BCUT2D eigenvalue weighted by atomic mass is 127. The molecular formula is C19H30IN3O. The van der Waals surface area contributed by atoms with E-state index in [1.807, 2.05) is 7.05 Å². The van der Waals surface area contributed by atoms with Crippen LogP contribution in [0.25, 0.3) is 0 Å². The molecule has 0 spiro atoms. The van der Waals surface area contributed by atoms with E-state index in [1.54, 1.807) is 0 Å². The highest BCUT2D eigenvalue weighted by Gasteiger charge is 2.18. The molecule has 0 aliphatic heterocycles. The molecule has 2 N–H and O–H groups in total. The van der Waals surface area contributed by atoms with Crippen LogP contribution in [0.5, 0.6) is 5.75 Å². The van der Waals surface area contributed by atoms with Crippen molar-refractivity contribution in [2.45, 2.75) is 70.1 Å². The lowest BCUT2D eigenvalue weighted by Gasteiger charge is -2.19. The number of nitrogens with zero attached hydrogens (tertiary/aromatic N) is 1. The van der Waals surface area contributed by atoms with Crippen LogP contribution < -0.4 is 15.4 Å². The number of nitrogens with one attached hydrogen (secondary N) is 2. The van der Waals surface area contributed by atoms with Gasteiger partial charge in [-0.1, -0.05) is 31.0 Å². The first kappa shape index (κ1) is 19.3. The molecule has 0 saturated heterocycles. The summed E-state index contributed by atoms with van der Waals surface area (Å²) in [5, 5.41) is 6.96. The molecule has 1 aromatic rings. The van der Waals surface area contributed by atoms with E-state index < -0.39 is 0 Å². The van der Waals surface area contributed by atoms with E-state index in [-0.39, 0.29) is 24.0 Å². The van der Waals surface area contributed by atoms with Crippen molar-refractivity contribution in [2.75, 3.05) is 7.05 Å². The van der Waals surface area contributed by atoms with Crippen molar-refractivity contribution in [3.8, 4) is 5.75 Å². The standard InChI is InChI=1S/C19H29N3O.HI/c1-20-19(22-16-9-3-4-10-16)21-14-15-8-2-7-13-18(15)23-17-11-5-6-12-17;/h2,7-8,13,16-17H,3-6,9-12,14H2,1H3,(H2,20,21,22);1H. The number of benzene rings is 1. The molecule has 0 aromatic heterocycles. The van der Waals surface area contributed by atoms with Crippen molar-refractivity contribution in [1.29, 1.82) is 0 Å². The van der Waals surface area contributed by atoms with Gasteiger partial charge in [-0.25, -0.2) is 0 Å². The van der Waals surface area contributed by atoms with Crippen LogP contribution in [0.1, 0.15) is 56.9 Å². The summed E-state index contributed by atoms with van der Waals surface area (Å²) in [5.41, 5.74) is 1.20. The predicted octanol–water partition coefficient (Wildman–Crippen LogP) is 4.23. The average Bonchev–Trinajstić information content (AvgIpc) is 3.26. The number of hydrogen-bond acceptors (Lipinski definition) is 2. The molecule has 0 radical (unpaired) electrons. The lowest BCUT2D eigenvalue weighted by molar-refractivity contribution is 0.208. The summed E-state index contributed by atoms with van der Waals surface area (Å²) in [7, 11) is 1.84. The molecule has 2 aliphatic rings. The fraction of sp³-hybridized carbons (Fsp3) is 0.632. The minimum absolute atomic E-state index is 0. The summed E-state index contributed by atoms with van der Waals surface area (Å²) in [6, 6.07) is 8.93. The molecule has 134 valence electrons. The second-order valence-electron chi connectivity index (χ2n) is 6.68. The van der Waals surface area contributed by atoms with E-state index in [0.29, 0.717) is 12.1 Å². The summed E-state index contributed by atoms with van der Waals surface area (Å²) in [6.07, 6.45) is 10.5. The Hall–Kier alpha value is -0.980. The molecule has 1 aromatic carbocycles. The Balaban J connectivity index is 0.00000208. The third kappa shape index (κ3) is 5.53. The normalized spacial score (nSPS) is 19.1. The van der Waals surface area contributed by atoms with Gasteiger partial charge in [-0.05, 0) is 44.6 Å². The molecule has 5 heteroatoms. The fourth-order valence-corrected chi connectivity index (χ4v) is 3.59. The molecule has 0 bridgehead atoms. The van der Waals surface area contributed by atoms with Crippen molar-refractivity contribution in [2.24, 2.45) is 4.99 Å². The Kier molecular flexibility index (Phi) is 8.15. The molecule has 0 heterocycles. The Bertz CT molecular complexity index is 523. The number of ether oxygens (including phenoxy) is 1. The largest absolute Gasteiger partial charge is 0.490 e. The number of rotatable bonds is 5. The van der Waals surface area contributed by atoms with Gasteiger partial charge in [0.1, 0.15) is 5.75 Å². The van der Waals surface area contributed by atoms with Gasteiger partial charge < -0.3 is 15.4 Å². The highest BCUT2D eigenvalue weighted by Crippen LogP contribution is 2.26. The number of para-hydroxylation sites is 1. The first-order chi connectivity index (χ1) is 11.3. The number of halogens is 1. The molecule has 3 rings (SSSR count). The Morgan fingerprint density at radius 2 is 1.75 bits per heavy atom. The van der Waals surface area contributed by atoms with Crippen LogP contribution in [0.15, 0.2) is 29.3 Å². The number of aliphatic imine (C=N–C) groups is 1. The Morgan fingerprint density at radius 3 is 2.46 bits per heavy atom. The molecule has 4 nitrogen and oxygen atoms in total. The topological polar surface area (TPSA) is 45.7 Å². The van der Waals surface area contributed by atoms with Crippen LogP contribution >= 0.6 is 24.0 Å². The van der Waals surface area contributed by atoms with E-state index in [0.717, 1.165) is 18.3 Å². The zero-order valence-corrected chi connectivity index (χ0v) is 16.9. The van der Waals surface area contributed by atoms with Crippen LogP contribution in [0, 0.1) is 0 Å². The fourth-order valence-electron chi connectivity index (χ4n) is 3.59. The lowest BCUT2D eigenvalue weighted by atomic mass is 10.2. The summed E-state index contributed by atoms with van der Waals surface area (Å²) in [4.78, 5) is 4.35. The summed E-state index contributed by atoms with van der Waals surface area (Å²) in [5.74, 6) is 1.91. The highest BCUT2D eigenvalue weighted by molar-refractivity contribution is 14.0. The molecule has 2 aliphatic carbocycles. The van der Waals surface area contributed by atoms with Gasteiger partial charge in [0.25, 0.3) is 0 Å². The average molecular weight is 443 g/mol. The monoisotopic (exact) mass is 443 g/mol. The first-order valence-electron chi connectivity index (χ1n) is 9.07. The van der Waals surface area contributed by atoms with E-state index in [1.165, 1.54) is 56.9 Å². The van der Waals surface area contributed by atoms with Gasteiger partial charge in [0, 0.05) is 25.2 Å². The van der Waals surface area contributed by atoms with Gasteiger partial charge >= 0.3 is 0 Å². The zero-order chi connectivity index (χ0) is 15.9. The van der Waals surface area contributed by atoms with Gasteiger partial charge in [0.2, 0.25) is 0 Å². The van der Waals surface area contributed by atoms with Crippen LogP contribution in [0.3, 0.4) is 0 Å². The van der Waals surface area contributed by atoms with Gasteiger partial charge in [0.15, 0.2) is 5.96 Å². The van der Waals surface area contributed by atoms with Crippen molar-refractivity contribution < 1.29 is 4.74 Å². The van der Waals surface area contributed by atoms with Crippen molar-refractivity contribution >= 4 is 29.9 Å². The molecule has 24 heavy (non-hydrogen) atoms.